The summed E-state index contributed by atoms with van der Waals surface area (Å²) in [5.41, 5.74) is 0.573. The van der Waals surface area contributed by atoms with E-state index < -0.39 is 0 Å². The van der Waals surface area contributed by atoms with E-state index in [4.69, 9.17) is 25.8 Å². The van der Waals surface area contributed by atoms with Gasteiger partial charge in [0, 0.05) is 11.8 Å². The minimum Gasteiger partial charge on any atom is -0.470 e. The second kappa shape index (κ2) is 5.62. The molecule has 23 heavy (non-hydrogen) atoms. The smallest absolute Gasteiger partial charge is 0.254 e. The molecule has 0 spiro atoms. The molecule has 4 rings (SSSR count). The number of amides is 1. The number of carbonyl (C=O) groups excluding carboxylic acids is 1. The first kappa shape index (κ1) is 14.1. The lowest BCUT2D eigenvalue weighted by Gasteiger charge is -2.38. The van der Waals surface area contributed by atoms with E-state index in [-0.39, 0.29) is 18.8 Å². The predicted octanol–water partition coefficient (Wildman–Crippen LogP) is 2.37. The van der Waals surface area contributed by atoms with Gasteiger partial charge in [-0.2, -0.15) is 0 Å². The Morgan fingerprint density at radius 3 is 2.91 bits per heavy atom. The maximum atomic E-state index is 12.4. The number of rotatable bonds is 3. The van der Waals surface area contributed by atoms with Gasteiger partial charge in [0.15, 0.2) is 11.5 Å². The number of ether oxygens (including phenoxy) is 3. The minimum atomic E-state index is -0.0969. The molecule has 1 amide bonds. The van der Waals surface area contributed by atoms with Crippen LogP contribution in [0.3, 0.4) is 0 Å². The number of likely N-dealkylation sites (tertiary alicyclic amines) is 1. The Morgan fingerprint density at radius 1 is 1.26 bits per heavy atom. The van der Waals surface area contributed by atoms with Gasteiger partial charge >= 0.3 is 0 Å². The van der Waals surface area contributed by atoms with Crippen LogP contribution in [0, 0.1) is 0 Å². The van der Waals surface area contributed by atoms with Gasteiger partial charge in [-0.15, -0.1) is 0 Å². The standard InChI is InChI=1S/C16H13ClN2O4/c17-12-2-1-5-18-15(12)23-11-7-19(8-11)16(20)10-3-4-13-14(6-10)22-9-21-13/h1-6,11H,7-9H2. The highest BCUT2D eigenvalue weighted by Crippen LogP contribution is 2.33. The molecule has 1 saturated heterocycles. The molecule has 0 N–H and O–H groups in total. The van der Waals surface area contributed by atoms with Crippen LogP contribution in [0.5, 0.6) is 17.4 Å². The zero-order chi connectivity index (χ0) is 15.8. The van der Waals surface area contributed by atoms with Gasteiger partial charge in [0.05, 0.1) is 13.1 Å². The summed E-state index contributed by atoms with van der Waals surface area (Å²) in [6.45, 7) is 1.19. The van der Waals surface area contributed by atoms with E-state index in [1.54, 1.807) is 41.4 Å². The van der Waals surface area contributed by atoms with Gasteiger partial charge in [-0.1, -0.05) is 11.6 Å². The largest absolute Gasteiger partial charge is 0.470 e. The molecule has 118 valence electrons. The molecule has 1 aromatic carbocycles. The molecule has 1 fully saturated rings. The van der Waals surface area contributed by atoms with Crippen molar-refractivity contribution < 1.29 is 19.0 Å². The molecule has 2 aliphatic heterocycles. The average molecular weight is 333 g/mol. The monoisotopic (exact) mass is 332 g/mol. The number of fused-ring (bicyclic) bond motifs is 1. The van der Waals surface area contributed by atoms with Crippen molar-refractivity contribution in [3.05, 3.63) is 47.1 Å². The van der Waals surface area contributed by atoms with Crippen LogP contribution in [-0.2, 0) is 0 Å². The van der Waals surface area contributed by atoms with Crippen molar-refractivity contribution in [2.45, 2.75) is 6.10 Å². The number of aromatic nitrogens is 1. The molecule has 0 atom stereocenters. The van der Waals surface area contributed by atoms with Crippen molar-refractivity contribution in [3.8, 4) is 17.4 Å². The van der Waals surface area contributed by atoms with Crippen LogP contribution in [0.25, 0.3) is 0 Å². The van der Waals surface area contributed by atoms with E-state index in [1.165, 1.54) is 0 Å². The van der Waals surface area contributed by atoms with Crippen molar-refractivity contribution in [1.82, 2.24) is 9.88 Å². The average Bonchev–Trinajstić information content (AvgIpc) is 2.99. The van der Waals surface area contributed by atoms with E-state index in [1.807, 2.05) is 0 Å². The number of hydrogen-bond acceptors (Lipinski definition) is 5. The summed E-state index contributed by atoms with van der Waals surface area (Å²) in [7, 11) is 0. The molecule has 0 unspecified atom stereocenters. The first-order valence-corrected chi connectivity index (χ1v) is 7.54. The van der Waals surface area contributed by atoms with Crippen molar-refractivity contribution in [3.63, 3.8) is 0 Å². The summed E-state index contributed by atoms with van der Waals surface area (Å²) in [6, 6.07) is 8.65. The summed E-state index contributed by atoms with van der Waals surface area (Å²) < 4.78 is 16.2. The van der Waals surface area contributed by atoms with Crippen molar-refractivity contribution >= 4 is 17.5 Å². The Hall–Kier alpha value is -2.47. The van der Waals surface area contributed by atoms with E-state index >= 15 is 0 Å². The summed E-state index contributed by atoms with van der Waals surface area (Å²) in [5, 5.41) is 0.466. The SMILES string of the molecule is O=C(c1ccc2c(c1)OCO2)N1CC(Oc2ncccc2Cl)C1. The second-order valence-corrected chi connectivity index (χ2v) is 5.72. The molecule has 0 aliphatic carbocycles. The van der Waals surface area contributed by atoms with Gasteiger partial charge in [0.2, 0.25) is 12.7 Å². The molecule has 2 aromatic rings. The Bertz CT molecular complexity index is 761. The number of nitrogens with zero attached hydrogens (tertiary/aromatic N) is 2. The molecule has 3 heterocycles. The lowest BCUT2D eigenvalue weighted by Crippen LogP contribution is -2.56. The van der Waals surface area contributed by atoms with E-state index in [0.717, 1.165) is 0 Å². The molecular formula is C16H13ClN2O4. The van der Waals surface area contributed by atoms with Gasteiger partial charge in [0.25, 0.3) is 5.91 Å². The Balaban J connectivity index is 1.38. The number of halogens is 1. The van der Waals surface area contributed by atoms with Crippen molar-refractivity contribution in [2.24, 2.45) is 0 Å². The molecule has 7 heteroatoms. The summed E-state index contributed by atoms with van der Waals surface area (Å²) in [6.07, 6.45) is 1.52. The molecule has 2 aliphatic rings. The van der Waals surface area contributed by atoms with Gasteiger partial charge in [-0.25, -0.2) is 4.98 Å². The second-order valence-electron chi connectivity index (χ2n) is 5.31. The zero-order valence-corrected chi connectivity index (χ0v) is 12.8. The number of benzene rings is 1. The van der Waals surface area contributed by atoms with E-state index in [9.17, 15) is 4.79 Å². The van der Waals surface area contributed by atoms with Crippen LogP contribution in [0.2, 0.25) is 5.02 Å². The normalized spacial score (nSPS) is 16.1. The third-order valence-corrected chi connectivity index (χ3v) is 4.05. The van der Waals surface area contributed by atoms with Crippen molar-refractivity contribution in [1.29, 1.82) is 0 Å². The highest BCUT2D eigenvalue weighted by Gasteiger charge is 2.34. The van der Waals surface area contributed by atoms with Crippen LogP contribution in [-0.4, -0.2) is 41.8 Å². The molecule has 6 nitrogen and oxygen atoms in total. The molecular weight excluding hydrogens is 320 g/mol. The fraction of sp³-hybridized carbons (Fsp3) is 0.250. The maximum absolute atomic E-state index is 12.4. The predicted molar refractivity (Wildman–Crippen MR) is 82.1 cm³/mol. The van der Waals surface area contributed by atoms with Crippen LogP contribution in [0.1, 0.15) is 10.4 Å². The first-order chi connectivity index (χ1) is 11.2. The van der Waals surface area contributed by atoms with Gasteiger partial charge in [-0.05, 0) is 30.3 Å². The van der Waals surface area contributed by atoms with Gasteiger partial charge < -0.3 is 19.1 Å². The van der Waals surface area contributed by atoms with Crippen LogP contribution >= 0.6 is 11.6 Å². The van der Waals surface area contributed by atoms with Gasteiger partial charge in [0.1, 0.15) is 11.1 Å². The third-order valence-electron chi connectivity index (χ3n) is 3.76. The third kappa shape index (κ3) is 2.66. The zero-order valence-electron chi connectivity index (χ0n) is 12.1. The van der Waals surface area contributed by atoms with Crippen LogP contribution in [0.15, 0.2) is 36.5 Å². The fourth-order valence-electron chi connectivity index (χ4n) is 2.51. The van der Waals surface area contributed by atoms with Crippen LogP contribution in [0.4, 0.5) is 0 Å². The Morgan fingerprint density at radius 2 is 2.09 bits per heavy atom. The highest BCUT2D eigenvalue weighted by atomic mass is 35.5. The fourth-order valence-corrected chi connectivity index (χ4v) is 2.67. The van der Waals surface area contributed by atoms with E-state index in [0.29, 0.717) is 41.1 Å². The maximum Gasteiger partial charge on any atom is 0.254 e. The Labute approximate surface area is 137 Å². The van der Waals surface area contributed by atoms with Crippen molar-refractivity contribution in [2.75, 3.05) is 19.9 Å². The topological polar surface area (TPSA) is 60.9 Å². The lowest BCUT2D eigenvalue weighted by molar-refractivity contribution is 0.0160. The number of hydrogen-bond donors (Lipinski definition) is 0. The van der Waals surface area contributed by atoms with E-state index in [2.05, 4.69) is 4.98 Å². The lowest BCUT2D eigenvalue weighted by atomic mass is 10.1. The molecule has 1 aromatic heterocycles. The van der Waals surface area contributed by atoms with Gasteiger partial charge in [-0.3, -0.25) is 4.79 Å². The number of pyridine rings is 1. The molecule has 0 radical (unpaired) electrons. The van der Waals surface area contributed by atoms with Crippen LogP contribution < -0.4 is 14.2 Å². The Kier molecular flexibility index (Phi) is 3.46. The molecule has 0 bridgehead atoms. The first-order valence-electron chi connectivity index (χ1n) is 7.17. The summed E-state index contributed by atoms with van der Waals surface area (Å²) in [5.74, 6) is 1.60. The highest BCUT2D eigenvalue weighted by molar-refractivity contribution is 6.31. The molecule has 0 saturated carbocycles. The summed E-state index contributed by atoms with van der Waals surface area (Å²) in [4.78, 5) is 18.2. The minimum absolute atomic E-state index is 0.0599. The number of carbonyl (C=O) groups is 1. The quantitative estimate of drug-likeness (QED) is 0.863. The summed E-state index contributed by atoms with van der Waals surface area (Å²) >= 11 is 6.00.